The molecule has 1 unspecified atom stereocenters. The summed E-state index contributed by atoms with van der Waals surface area (Å²) in [5.74, 6) is -0.568. The maximum absolute atomic E-state index is 13.1. The first kappa shape index (κ1) is 22.6. The van der Waals surface area contributed by atoms with Crippen molar-refractivity contribution in [1.29, 1.82) is 0 Å². The number of hydrogen-bond acceptors (Lipinski definition) is 3. The van der Waals surface area contributed by atoms with E-state index in [0.29, 0.717) is 31.5 Å². The van der Waals surface area contributed by atoms with Crippen LogP contribution in [-0.2, 0) is 21.2 Å². The minimum atomic E-state index is -4.43. The van der Waals surface area contributed by atoms with Crippen molar-refractivity contribution >= 4 is 11.8 Å². The van der Waals surface area contributed by atoms with Gasteiger partial charge in [-0.2, -0.15) is 13.2 Å². The number of likely N-dealkylation sites (tertiary alicyclic amines) is 1. The monoisotopic (exact) mass is 425 g/mol. The number of nitrogens with two attached hydrogens (primary N) is 1. The van der Waals surface area contributed by atoms with Crippen LogP contribution in [0.2, 0.25) is 0 Å². The molecule has 1 saturated carbocycles. The molecule has 1 aliphatic heterocycles. The standard InChI is InChI=1S/C22H30F3N3O2/c23-22(24,25)18-8-3-7-17(14-18)21(9-1-2-10-21)20(30)27-11-5-13-28-12-4-6-16(15-28)19(26)29/h3,7-8,14,16H,1-2,4-6,9-13,15H2,(H2,26,29)(H,27,30). The largest absolute Gasteiger partial charge is 0.416 e. The van der Waals surface area contributed by atoms with E-state index in [0.717, 1.165) is 57.3 Å². The molecule has 166 valence electrons. The number of nitrogens with one attached hydrogen (secondary N) is 1. The second kappa shape index (κ2) is 9.37. The number of alkyl halides is 3. The van der Waals surface area contributed by atoms with Crippen molar-refractivity contribution in [3.05, 3.63) is 35.4 Å². The van der Waals surface area contributed by atoms with Crippen molar-refractivity contribution in [1.82, 2.24) is 10.2 Å². The van der Waals surface area contributed by atoms with Crippen LogP contribution in [0.25, 0.3) is 0 Å². The zero-order valence-corrected chi connectivity index (χ0v) is 17.1. The van der Waals surface area contributed by atoms with Gasteiger partial charge in [0.05, 0.1) is 16.9 Å². The SMILES string of the molecule is NC(=O)C1CCCN(CCCNC(=O)C2(c3cccc(C(F)(F)F)c3)CCCC2)C1. The lowest BCUT2D eigenvalue weighted by molar-refractivity contribution is -0.138. The number of rotatable bonds is 7. The average molecular weight is 425 g/mol. The molecule has 0 spiro atoms. The third-order valence-corrected chi connectivity index (χ3v) is 6.48. The first-order valence-corrected chi connectivity index (χ1v) is 10.7. The maximum atomic E-state index is 13.1. The van der Waals surface area contributed by atoms with Gasteiger partial charge in [0.25, 0.3) is 0 Å². The van der Waals surface area contributed by atoms with E-state index in [1.54, 1.807) is 6.07 Å². The van der Waals surface area contributed by atoms with Gasteiger partial charge >= 0.3 is 6.18 Å². The maximum Gasteiger partial charge on any atom is 0.416 e. The highest BCUT2D eigenvalue weighted by atomic mass is 19.4. The van der Waals surface area contributed by atoms with Crippen molar-refractivity contribution in [3.63, 3.8) is 0 Å². The van der Waals surface area contributed by atoms with Gasteiger partial charge in [-0.15, -0.1) is 0 Å². The van der Waals surface area contributed by atoms with Crippen molar-refractivity contribution in [3.8, 4) is 0 Å². The highest BCUT2D eigenvalue weighted by Gasteiger charge is 2.43. The summed E-state index contributed by atoms with van der Waals surface area (Å²) in [5.41, 5.74) is 4.26. The Labute approximate surface area is 175 Å². The number of hydrogen-bond donors (Lipinski definition) is 2. The zero-order chi connectivity index (χ0) is 21.8. The molecule has 1 heterocycles. The number of carbonyl (C=O) groups is 2. The molecule has 1 atom stereocenters. The third kappa shape index (κ3) is 5.14. The number of carbonyl (C=O) groups excluding carboxylic acids is 2. The molecule has 1 aromatic rings. The molecule has 3 rings (SSSR count). The molecule has 5 nitrogen and oxygen atoms in total. The lowest BCUT2D eigenvalue weighted by Gasteiger charge is -2.31. The average Bonchev–Trinajstić information content (AvgIpc) is 3.22. The molecule has 1 aliphatic carbocycles. The van der Waals surface area contributed by atoms with Gasteiger partial charge < -0.3 is 16.0 Å². The van der Waals surface area contributed by atoms with E-state index in [1.165, 1.54) is 6.07 Å². The quantitative estimate of drug-likeness (QED) is 0.659. The van der Waals surface area contributed by atoms with E-state index < -0.39 is 17.2 Å². The highest BCUT2D eigenvalue weighted by Crippen LogP contribution is 2.43. The summed E-state index contributed by atoms with van der Waals surface area (Å²) in [5, 5.41) is 2.96. The molecule has 1 aromatic carbocycles. The van der Waals surface area contributed by atoms with Crippen molar-refractivity contribution in [2.24, 2.45) is 11.7 Å². The van der Waals surface area contributed by atoms with E-state index >= 15 is 0 Å². The summed E-state index contributed by atoms with van der Waals surface area (Å²) in [7, 11) is 0. The second-order valence-electron chi connectivity index (χ2n) is 8.52. The Morgan fingerprint density at radius 1 is 1.20 bits per heavy atom. The van der Waals surface area contributed by atoms with Gasteiger partial charge in [0, 0.05) is 13.1 Å². The van der Waals surface area contributed by atoms with E-state index in [1.807, 2.05) is 0 Å². The first-order valence-electron chi connectivity index (χ1n) is 10.7. The molecule has 1 saturated heterocycles. The Kier molecular flexibility index (Phi) is 7.06. The Bertz CT molecular complexity index is 760. The summed E-state index contributed by atoms with van der Waals surface area (Å²) >= 11 is 0. The third-order valence-electron chi connectivity index (χ3n) is 6.48. The Morgan fingerprint density at radius 2 is 1.93 bits per heavy atom. The molecule has 30 heavy (non-hydrogen) atoms. The van der Waals surface area contributed by atoms with E-state index in [4.69, 9.17) is 5.73 Å². The highest BCUT2D eigenvalue weighted by molar-refractivity contribution is 5.88. The number of nitrogens with zero attached hydrogens (tertiary/aromatic N) is 1. The lowest BCUT2D eigenvalue weighted by atomic mass is 9.77. The number of piperidine rings is 1. The lowest BCUT2D eigenvalue weighted by Crippen LogP contribution is -2.44. The molecule has 2 amide bonds. The van der Waals surface area contributed by atoms with Gasteiger partial charge in [0.1, 0.15) is 0 Å². The molecule has 3 N–H and O–H groups in total. The second-order valence-corrected chi connectivity index (χ2v) is 8.52. The van der Waals surface area contributed by atoms with Crippen molar-refractivity contribution in [2.45, 2.75) is 56.5 Å². The summed E-state index contributed by atoms with van der Waals surface area (Å²) in [6.07, 6.45) is 0.817. The normalized spacial score (nSPS) is 22.0. The predicted molar refractivity (Wildman–Crippen MR) is 108 cm³/mol. The molecule has 2 fully saturated rings. The van der Waals surface area contributed by atoms with Gasteiger partial charge in [-0.05, 0) is 56.8 Å². The van der Waals surface area contributed by atoms with Gasteiger partial charge in [-0.3, -0.25) is 9.59 Å². The topological polar surface area (TPSA) is 75.4 Å². The van der Waals surface area contributed by atoms with E-state index in [2.05, 4.69) is 10.2 Å². The molecule has 0 aromatic heterocycles. The van der Waals surface area contributed by atoms with Gasteiger partial charge in [-0.25, -0.2) is 0 Å². The number of benzene rings is 1. The van der Waals surface area contributed by atoms with E-state index in [-0.39, 0.29) is 17.7 Å². The van der Waals surface area contributed by atoms with Crippen molar-refractivity contribution < 1.29 is 22.8 Å². The summed E-state index contributed by atoms with van der Waals surface area (Å²) in [4.78, 5) is 26.6. The fourth-order valence-electron chi connectivity index (χ4n) is 4.78. The number of primary amides is 1. The van der Waals surface area contributed by atoms with Crippen LogP contribution < -0.4 is 11.1 Å². The van der Waals surface area contributed by atoms with Crippen LogP contribution in [0.5, 0.6) is 0 Å². The number of amides is 2. The summed E-state index contributed by atoms with van der Waals surface area (Å²) in [6, 6.07) is 5.19. The summed E-state index contributed by atoms with van der Waals surface area (Å²) in [6.45, 7) is 2.77. The Hall–Kier alpha value is -2.09. The predicted octanol–water partition coefficient (Wildman–Crippen LogP) is 3.22. The van der Waals surface area contributed by atoms with E-state index in [9.17, 15) is 22.8 Å². The number of halogens is 3. The zero-order valence-electron chi connectivity index (χ0n) is 17.1. The van der Waals surface area contributed by atoms with Crippen molar-refractivity contribution in [2.75, 3.05) is 26.2 Å². The molecule has 0 radical (unpaired) electrons. The Balaban J connectivity index is 1.58. The van der Waals surface area contributed by atoms with Crippen LogP contribution in [0.1, 0.15) is 56.1 Å². The molecule has 2 aliphatic rings. The smallest absolute Gasteiger partial charge is 0.369 e. The van der Waals surface area contributed by atoms with Crippen LogP contribution in [0.3, 0.4) is 0 Å². The fraction of sp³-hybridized carbons (Fsp3) is 0.636. The van der Waals surface area contributed by atoms with Crippen LogP contribution in [-0.4, -0.2) is 42.9 Å². The molecule has 8 heteroatoms. The molecular weight excluding hydrogens is 395 g/mol. The van der Waals surface area contributed by atoms with Crippen LogP contribution in [0.15, 0.2) is 24.3 Å². The minimum absolute atomic E-state index is 0.115. The Morgan fingerprint density at radius 3 is 2.60 bits per heavy atom. The van der Waals surface area contributed by atoms with Crippen LogP contribution in [0, 0.1) is 5.92 Å². The summed E-state index contributed by atoms with van der Waals surface area (Å²) < 4.78 is 39.4. The van der Waals surface area contributed by atoms with Crippen LogP contribution >= 0.6 is 0 Å². The van der Waals surface area contributed by atoms with Crippen LogP contribution in [0.4, 0.5) is 13.2 Å². The molecular formula is C22H30F3N3O2. The molecule has 0 bridgehead atoms. The van der Waals surface area contributed by atoms with Gasteiger partial charge in [-0.1, -0.05) is 31.0 Å². The van der Waals surface area contributed by atoms with Gasteiger partial charge in [0.2, 0.25) is 11.8 Å². The minimum Gasteiger partial charge on any atom is -0.369 e. The first-order chi connectivity index (χ1) is 14.2. The fourth-order valence-corrected chi connectivity index (χ4v) is 4.78. The van der Waals surface area contributed by atoms with Gasteiger partial charge in [0.15, 0.2) is 0 Å².